The smallest absolute Gasteiger partial charge is 0.316 e. The molecule has 1 fully saturated rings. The number of carbonyl (C=O) groups is 1. The molecule has 8 heteroatoms. The molecule has 1 unspecified atom stereocenters. The number of esters is 1. The van der Waals surface area contributed by atoms with Crippen molar-refractivity contribution in [1.29, 1.82) is 0 Å². The van der Waals surface area contributed by atoms with Crippen LogP contribution in [0.1, 0.15) is 24.4 Å². The average molecular weight is 333 g/mol. The van der Waals surface area contributed by atoms with E-state index in [1.54, 1.807) is 12.4 Å². The minimum absolute atomic E-state index is 0.237. The Morgan fingerprint density at radius 1 is 1.43 bits per heavy atom. The maximum atomic E-state index is 11.3. The zero-order valence-corrected chi connectivity index (χ0v) is 14.0. The third kappa shape index (κ3) is 3.64. The fourth-order valence-electron chi connectivity index (χ4n) is 2.74. The Kier molecular flexibility index (Phi) is 4.80. The maximum Gasteiger partial charge on any atom is 0.316 e. The second-order valence-corrected chi connectivity index (χ2v) is 6.37. The van der Waals surface area contributed by atoms with Gasteiger partial charge in [-0.2, -0.15) is 5.10 Å². The van der Waals surface area contributed by atoms with Gasteiger partial charge in [-0.25, -0.2) is 4.98 Å². The number of aromatic nitrogens is 4. The van der Waals surface area contributed by atoms with E-state index >= 15 is 0 Å². The summed E-state index contributed by atoms with van der Waals surface area (Å²) in [7, 11) is 3.31. The third-order valence-corrected chi connectivity index (χ3v) is 4.69. The number of ether oxygens (including phenoxy) is 1. The second-order valence-electron chi connectivity index (χ2n) is 5.38. The molecule has 3 heterocycles. The van der Waals surface area contributed by atoms with Crippen LogP contribution >= 0.6 is 11.8 Å². The predicted octanol–water partition coefficient (Wildman–Crippen LogP) is 1.82. The molecule has 122 valence electrons. The van der Waals surface area contributed by atoms with E-state index in [2.05, 4.69) is 24.7 Å². The van der Waals surface area contributed by atoms with Gasteiger partial charge in [-0.05, 0) is 12.8 Å². The number of anilines is 1. The molecule has 2 aromatic heterocycles. The minimum Gasteiger partial charge on any atom is -0.468 e. The summed E-state index contributed by atoms with van der Waals surface area (Å²) in [5, 5.41) is 4.99. The molecule has 1 aliphatic rings. The summed E-state index contributed by atoms with van der Waals surface area (Å²) in [6.07, 6.45) is 9.59. The van der Waals surface area contributed by atoms with E-state index in [1.165, 1.54) is 24.4 Å². The number of hydrogen-bond acceptors (Lipinski definition) is 7. The predicted molar refractivity (Wildman–Crippen MR) is 87.3 cm³/mol. The van der Waals surface area contributed by atoms with Crippen LogP contribution in [0.4, 0.5) is 5.82 Å². The molecule has 2 aromatic rings. The highest BCUT2D eigenvalue weighted by atomic mass is 32.2. The van der Waals surface area contributed by atoms with Gasteiger partial charge in [0.1, 0.15) is 10.8 Å². The summed E-state index contributed by atoms with van der Waals surface area (Å²) < 4.78 is 6.47. The summed E-state index contributed by atoms with van der Waals surface area (Å²) in [6.45, 7) is 0.944. The van der Waals surface area contributed by atoms with Crippen LogP contribution in [-0.4, -0.2) is 45.1 Å². The molecule has 0 saturated carbocycles. The van der Waals surface area contributed by atoms with Gasteiger partial charge in [0.15, 0.2) is 0 Å². The fraction of sp³-hybridized carbons (Fsp3) is 0.467. The average Bonchev–Trinajstić information content (AvgIpc) is 3.21. The van der Waals surface area contributed by atoms with Gasteiger partial charge in [0.25, 0.3) is 0 Å². The summed E-state index contributed by atoms with van der Waals surface area (Å²) in [5.74, 6) is 0.809. The van der Waals surface area contributed by atoms with Crippen molar-refractivity contribution in [3.05, 3.63) is 30.4 Å². The number of methoxy groups -OCH3 is 1. The molecule has 0 N–H and O–H groups in total. The number of rotatable bonds is 5. The highest BCUT2D eigenvalue weighted by molar-refractivity contribution is 7.99. The fourth-order valence-corrected chi connectivity index (χ4v) is 3.41. The van der Waals surface area contributed by atoms with Gasteiger partial charge in [0, 0.05) is 25.4 Å². The summed E-state index contributed by atoms with van der Waals surface area (Å²) in [6, 6.07) is 0.277. The van der Waals surface area contributed by atoms with E-state index in [9.17, 15) is 4.79 Å². The maximum absolute atomic E-state index is 11.3. The van der Waals surface area contributed by atoms with E-state index < -0.39 is 0 Å². The van der Waals surface area contributed by atoms with Crippen LogP contribution in [0.25, 0.3) is 0 Å². The van der Waals surface area contributed by atoms with Gasteiger partial charge in [0.2, 0.25) is 0 Å². The monoisotopic (exact) mass is 333 g/mol. The Bertz CT molecular complexity index is 690. The van der Waals surface area contributed by atoms with Gasteiger partial charge < -0.3 is 9.64 Å². The van der Waals surface area contributed by atoms with E-state index in [0.717, 1.165) is 30.2 Å². The Balaban J connectivity index is 1.76. The Labute approximate surface area is 139 Å². The molecule has 1 saturated heterocycles. The highest BCUT2D eigenvalue weighted by Crippen LogP contribution is 2.35. The molecular weight excluding hydrogens is 314 g/mol. The van der Waals surface area contributed by atoms with Crippen molar-refractivity contribution in [3.63, 3.8) is 0 Å². The van der Waals surface area contributed by atoms with Crippen molar-refractivity contribution in [1.82, 2.24) is 19.7 Å². The van der Waals surface area contributed by atoms with Crippen molar-refractivity contribution in [3.8, 4) is 0 Å². The Morgan fingerprint density at radius 3 is 3.04 bits per heavy atom. The molecule has 0 spiro atoms. The SMILES string of the molecule is COC(=O)CSc1cncc(N2CCCC2c2cnn(C)c2)n1. The summed E-state index contributed by atoms with van der Waals surface area (Å²) in [5.41, 5.74) is 1.19. The van der Waals surface area contributed by atoms with Gasteiger partial charge >= 0.3 is 5.97 Å². The van der Waals surface area contributed by atoms with Gasteiger partial charge in [-0.3, -0.25) is 14.5 Å². The zero-order chi connectivity index (χ0) is 16.2. The zero-order valence-electron chi connectivity index (χ0n) is 13.2. The number of thioether (sulfide) groups is 1. The van der Waals surface area contributed by atoms with Crippen LogP contribution in [0.3, 0.4) is 0 Å². The van der Waals surface area contributed by atoms with Crippen LogP contribution in [0.2, 0.25) is 0 Å². The first-order chi connectivity index (χ1) is 11.2. The number of carbonyl (C=O) groups excluding carboxylic acids is 1. The van der Waals surface area contributed by atoms with Gasteiger partial charge in [0.05, 0.1) is 37.5 Å². The molecule has 0 amide bonds. The molecule has 7 nitrogen and oxygen atoms in total. The Morgan fingerprint density at radius 2 is 2.30 bits per heavy atom. The van der Waals surface area contributed by atoms with Crippen molar-refractivity contribution in [2.75, 3.05) is 24.3 Å². The van der Waals surface area contributed by atoms with Crippen LogP contribution in [0.5, 0.6) is 0 Å². The first-order valence-corrected chi connectivity index (χ1v) is 8.43. The van der Waals surface area contributed by atoms with Gasteiger partial charge in [-0.1, -0.05) is 11.8 Å². The van der Waals surface area contributed by atoms with Crippen molar-refractivity contribution < 1.29 is 9.53 Å². The highest BCUT2D eigenvalue weighted by Gasteiger charge is 2.28. The van der Waals surface area contributed by atoms with Crippen LogP contribution in [0, 0.1) is 0 Å². The molecule has 0 bridgehead atoms. The number of nitrogens with zero attached hydrogens (tertiary/aromatic N) is 5. The standard InChI is InChI=1S/C15H19N5O2S/c1-19-9-11(6-17-19)12-4-3-5-20(12)13-7-16-8-14(18-13)23-10-15(21)22-2/h6-9,12H,3-5,10H2,1-2H3. The second kappa shape index (κ2) is 6.99. The summed E-state index contributed by atoms with van der Waals surface area (Å²) in [4.78, 5) is 22.4. The molecule has 0 aliphatic carbocycles. The van der Waals surface area contributed by atoms with Crippen molar-refractivity contribution in [2.24, 2.45) is 7.05 Å². The normalized spacial score (nSPS) is 17.5. The van der Waals surface area contributed by atoms with Gasteiger partial charge in [-0.15, -0.1) is 0 Å². The lowest BCUT2D eigenvalue weighted by Crippen LogP contribution is -2.23. The van der Waals surface area contributed by atoms with Crippen LogP contribution < -0.4 is 4.90 Å². The largest absolute Gasteiger partial charge is 0.468 e. The molecule has 1 atom stereocenters. The molecule has 0 aromatic carbocycles. The van der Waals surface area contributed by atoms with Crippen molar-refractivity contribution in [2.45, 2.75) is 23.9 Å². The summed E-state index contributed by atoms with van der Waals surface area (Å²) >= 11 is 1.34. The van der Waals surface area contributed by atoms with E-state index in [-0.39, 0.29) is 17.8 Å². The quantitative estimate of drug-likeness (QED) is 0.610. The first-order valence-electron chi connectivity index (χ1n) is 7.44. The lowest BCUT2D eigenvalue weighted by Gasteiger charge is -2.24. The molecular formula is C15H19N5O2S. The van der Waals surface area contributed by atoms with E-state index in [4.69, 9.17) is 0 Å². The molecule has 0 radical (unpaired) electrons. The molecule has 23 heavy (non-hydrogen) atoms. The van der Waals surface area contributed by atoms with Crippen LogP contribution in [0.15, 0.2) is 29.8 Å². The topological polar surface area (TPSA) is 73.1 Å². The number of hydrogen-bond donors (Lipinski definition) is 0. The lowest BCUT2D eigenvalue weighted by molar-refractivity contribution is -0.137. The number of aryl methyl sites for hydroxylation is 1. The molecule has 1 aliphatic heterocycles. The third-order valence-electron chi connectivity index (χ3n) is 3.82. The van der Waals surface area contributed by atoms with E-state index in [0.29, 0.717) is 0 Å². The minimum atomic E-state index is -0.267. The Hall–Kier alpha value is -2.09. The molecule has 3 rings (SSSR count). The van der Waals surface area contributed by atoms with E-state index in [1.807, 2.05) is 24.1 Å². The van der Waals surface area contributed by atoms with Crippen LogP contribution in [-0.2, 0) is 16.6 Å². The first kappa shape index (κ1) is 15.8. The lowest BCUT2D eigenvalue weighted by atomic mass is 10.1. The van der Waals surface area contributed by atoms with Crippen molar-refractivity contribution >= 4 is 23.5 Å².